The van der Waals surface area contributed by atoms with Crippen molar-refractivity contribution < 1.29 is 4.79 Å². The van der Waals surface area contributed by atoms with Gasteiger partial charge in [-0.15, -0.1) is 0 Å². The molecule has 2 N–H and O–H groups in total. The number of hydrogen-bond acceptors (Lipinski definition) is 2. The molecule has 0 saturated carbocycles. The van der Waals surface area contributed by atoms with Crippen molar-refractivity contribution in [3.8, 4) is 0 Å². The van der Waals surface area contributed by atoms with Crippen molar-refractivity contribution in [3.05, 3.63) is 64.0 Å². The average molecular weight is 321 g/mol. The number of nitrogens with one attached hydrogen (secondary N) is 2. The highest BCUT2D eigenvalue weighted by Gasteiger charge is 2.28. The van der Waals surface area contributed by atoms with Crippen molar-refractivity contribution in [1.29, 1.82) is 0 Å². The fourth-order valence-electron chi connectivity index (χ4n) is 3.35. The van der Waals surface area contributed by atoms with E-state index in [2.05, 4.69) is 55.3 Å². The normalized spacial score (nSPS) is 17.1. The van der Waals surface area contributed by atoms with Gasteiger partial charge in [0.1, 0.15) is 0 Å². The lowest BCUT2D eigenvalue weighted by molar-refractivity contribution is -0.116. The molecule has 4 heteroatoms. The molecule has 1 unspecified atom stereocenters. The van der Waals surface area contributed by atoms with Crippen LogP contribution in [0.3, 0.4) is 0 Å². The van der Waals surface area contributed by atoms with E-state index in [-0.39, 0.29) is 11.8 Å². The van der Waals surface area contributed by atoms with Crippen LogP contribution in [0, 0.1) is 13.8 Å². The number of hydrogen-bond donors (Lipinski definition) is 2. The fraction of sp³-hybridized carbons (Fsp3) is 0.300. The minimum Gasteiger partial charge on any atom is -0.359 e. The number of amides is 1. The van der Waals surface area contributed by atoms with E-state index in [1.54, 1.807) is 0 Å². The summed E-state index contributed by atoms with van der Waals surface area (Å²) in [6, 6.07) is 10.1. The average Bonchev–Trinajstić information content (AvgIpc) is 3.08. The third-order valence-corrected chi connectivity index (χ3v) is 4.78. The minimum atomic E-state index is -0.141. The second-order valence-corrected chi connectivity index (χ2v) is 6.25. The molecule has 0 radical (unpaired) electrons. The topological polar surface area (TPSA) is 57.2 Å². The number of H-pyrrole nitrogens is 1. The minimum absolute atomic E-state index is 0.0541. The SMILES string of the molecule is CCc1c(C)[nH]c(/C=C2/C(=O)NN=C2C(C)c2ccccc2)c1C. The van der Waals surface area contributed by atoms with E-state index in [9.17, 15) is 4.79 Å². The number of nitrogens with zero attached hydrogens (tertiary/aromatic N) is 1. The van der Waals surface area contributed by atoms with E-state index in [4.69, 9.17) is 0 Å². The summed E-state index contributed by atoms with van der Waals surface area (Å²) in [6.45, 7) is 8.39. The van der Waals surface area contributed by atoms with Crippen LogP contribution in [-0.4, -0.2) is 16.6 Å². The number of benzene rings is 1. The first kappa shape index (κ1) is 16.2. The van der Waals surface area contributed by atoms with Crippen molar-refractivity contribution in [3.63, 3.8) is 0 Å². The van der Waals surface area contributed by atoms with Crippen LogP contribution in [0.5, 0.6) is 0 Å². The lowest BCUT2D eigenvalue weighted by Gasteiger charge is -2.12. The summed E-state index contributed by atoms with van der Waals surface area (Å²) >= 11 is 0. The van der Waals surface area contributed by atoms with Crippen LogP contribution in [0.1, 0.15) is 47.8 Å². The molecule has 1 amide bonds. The predicted octanol–water partition coefficient (Wildman–Crippen LogP) is 3.87. The summed E-state index contributed by atoms with van der Waals surface area (Å²) in [5.41, 5.74) is 9.85. The Morgan fingerprint density at radius 1 is 1.21 bits per heavy atom. The van der Waals surface area contributed by atoms with E-state index < -0.39 is 0 Å². The Morgan fingerprint density at radius 3 is 2.54 bits per heavy atom. The Labute approximate surface area is 142 Å². The van der Waals surface area contributed by atoms with E-state index >= 15 is 0 Å². The number of carbonyl (C=O) groups is 1. The smallest absolute Gasteiger partial charge is 0.273 e. The second-order valence-electron chi connectivity index (χ2n) is 6.25. The maximum absolute atomic E-state index is 12.3. The Hall–Kier alpha value is -2.62. The number of hydrazone groups is 1. The van der Waals surface area contributed by atoms with Gasteiger partial charge >= 0.3 is 0 Å². The molecule has 1 aromatic heterocycles. The van der Waals surface area contributed by atoms with Gasteiger partial charge in [0.2, 0.25) is 0 Å². The summed E-state index contributed by atoms with van der Waals surface area (Å²) in [4.78, 5) is 15.7. The zero-order valence-electron chi connectivity index (χ0n) is 14.6. The van der Waals surface area contributed by atoms with Crippen LogP contribution in [-0.2, 0) is 11.2 Å². The van der Waals surface area contributed by atoms with Crippen LogP contribution >= 0.6 is 0 Å². The van der Waals surface area contributed by atoms with Crippen molar-refractivity contribution in [2.24, 2.45) is 5.10 Å². The standard InChI is InChI=1S/C20H23N3O/c1-5-16-13(3)18(21-14(16)4)11-17-19(22-23-20(17)24)12(2)15-9-7-6-8-10-15/h6-12,21H,5H2,1-4H3,(H,23,24)/b17-11+. The molecule has 2 heterocycles. The van der Waals surface area contributed by atoms with Crippen molar-refractivity contribution >= 4 is 17.7 Å². The molecule has 4 nitrogen and oxygen atoms in total. The molecule has 2 aromatic rings. The van der Waals surface area contributed by atoms with Crippen LogP contribution in [0.2, 0.25) is 0 Å². The first-order valence-corrected chi connectivity index (χ1v) is 8.35. The van der Waals surface area contributed by atoms with E-state index in [0.29, 0.717) is 5.57 Å². The summed E-state index contributed by atoms with van der Waals surface area (Å²) in [6.07, 6.45) is 2.91. The molecule has 3 rings (SSSR count). The van der Waals surface area contributed by atoms with Gasteiger partial charge in [-0.3, -0.25) is 4.79 Å². The van der Waals surface area contributed by atoms with Gasteiger partial charge in [-0.25, -0.2) is 5.43 Å². The number of aromatic amines is 1. The molecule has 0 bridgehead atoms. The van der Waals surface area contributed by atoms with E-state index in [1.165, 1.54) is 11.1 Å². The Bertz CT molecular complexity index is 828. The molecular weight excluding hydrogens is 298 g/mol. The molecule has 1 aliphatic rings. The maximum atomic E-state index is 12.3. The Balaban J connectivity index is 2.00. The van der Waals surface area contributed by atoms with Crippen LogP contribution in [0.15, 0.2) is 41.0 Å². The molecule has 1 atom stereocenters. The predicted molar refractivity (Wildman–Crippen MR) is 98.1 cm³/mol. The lowest BCUT2D eigenvalue weighted by atomic mass is 9.91. The first-order chi connectivity index (χ1) is 11.5. The lowest BCUT2D eigenvalue weighted by Crippen LogP contribution is -2.15. The highest BCUT2D eigenvalue weighted by molar-refractivity contribution is 6.29. The first-order valence-electron chi connectivity index (χ1n) is 8.35. The van der Waals surface area contributed by atoms with Gasteiger partial charge in [0, 0.05) is 17.3 Å². The van der Waals surface area contributed by atoms with E-state index in [0.717, 1.165) is 29.1 Å². The van der Waals surface area contributed by atoms with Crippen molar-refractivity contribution in [2.75, 3.05) is 0 Å². The molecule has 124 valence electrons. The monoisotopic (exact) mass is 321 g/mol. The van der Waals surface area contributed by atoms with E-state index in [1.807, 2.05) is 24.3 Å². The van der Waals surface area contributed by atoms with Gasteiger partial charge in [-0.1, -0.05) is 44.2 Å². The quantitative estimate of drug-likeness (QED) is 0.825. The van der Waals surface area contributed by atoms with Crippen LogP contribution < -0.4 is 5.43 Å². The summed E-state index contributed by atoms with van der Waals surface area (Å²) in [5, 5.41) is 4.28. The van der Waals surface area contributed by atoms with Crippen molar-refractivity contribution in [2.45, 2.75) is 40.0 Å². The largest absolute Gasteiger partial charge is 0.359 e. The Morgan fingerprint density at radius 2 is 1.92 bits per heavy atom. The van der Waals surface area contributed by atoms with Gasteiger partial charge in [0.25, 0.3) is 5.91 Å². The summed E-state index contributed by atoms with van der Waals surface area (Å²) in [7, 11) is 0. The molecule has 0 aliphatic carbocycles. The third-order valence-electron chi connectivity index (χ3n) is 4.78. The molecule has 0 spiro atoms. The maximum Gasteiger partial charge on any atom is 0.273 e. The fourth-order valence-corrected chi connectivity index (χ4v) is 3.35. The van der Waals surface area contributed by atoms with Gasteiger partial charge in [-0.2, -0.15) is 5.10 Å². The molecule has 1 aromatic carbocycles. The number of carbonyl (C=O) groups excluding carboxylic acids is 1. The zero-order chi connectivity index (χ0) is 17.3. The molecular formula is C20H23N3O. The van der Waals surface area contributed by atoms with Gasteiger partial charge < -0.3 is 4.98 Å². The van der Waals surface area contributed by atoms with Crippen molar-refractivity contribution in [1.82, 2.24) is 10.4 Å². The number of aryl methyl sites for hydroxylation is 1. The highest BCUT2D eigenvalue weighted by atomic mass is 16.2. The molecule has 1 aliphatic heterocycles. The second kappa shape index (κ2) is 6.48. The van der Waals surface area contributed by atoms with Gasteiger partial charge in [-0.05, 0) is 43.0 Å². The summed E-state index contributed by atoms with van der Waals surface area (Å²) < 4.78 is 0. The Kier molecular flexibility index (Phi) is 4.38. The molecule has 0 saturated heterocycles. The van der Waals surface area contributed by atoms with Gasteiger partial charge in [0.15, 0.2) is 0 Å². The van der Waals surface area contributed by atoms with Crippen LogP contribution in [0.25, 0.3) is 6.08 Å². The molecule has 24 heavy (non-hydrogen) atoms. The molecule has 0 fully saturated rings. The number of aromatic nitrogens is 1. The third kappa shape index (κ3) is 2.80. The highest BCUT2D eigenvalue weighted by Crippen LogP contribution is 2.27. The van der Waals surface area contributed by atoms with Crippen LogP contribution in [0.4, 0.5) is 0 Å². The summed E-state index contributed by atoms with van der Waals surface area (Å²) in [5.74, 6) is -0.0871. The zero-order valence-corrected chi connectivity index (χ0v) is 14.6. The number of rotatable bonds is 4. The van der Waals surface area contributed by atoms with Gasteiger partial charge in [0.05, 0.1) is 11.3 Å².